The largest absolute Gasteiger partial charge is 0.478 e. The Balaban J connectivity index is 1.92. The molecule has 0 bridgehead atoms. The zero-order chi connectivity index (χ0) is 23.5. The minimum atomic E-state index is -4.20. The number of anilines is 1. The molecule has 0 aliphatic rings. The van der Waals surface area contributed by atoms with Gasteiger partial charge in [0.15, 0.2) is 0 Å². The molecule has 0 aliphatic heterocycles. The van der Waals surface area contributed by atoms with Crippen molar-refractivity contribution in [3.63, 3.8) is 0 Å². The van der Waals surface area contributed by atoms with Gasteiger partial charge in [0.2, 0.25) is 11.7 Å². The molecule has 0 aliphatic carbocycles. The second-order valence-corrected chi connectivity index (χ2v) is 7.97. The highest BCUT2D eigenvalue weighted by Gasteiger charge is 2.24. The number of nitrogens with zero attached hydrogens (tertiary/aromatic N) is 3. The van der Waals surface area contributed by atoms with Crippen molar-refractivity contribution in [3.05, 3.63) is 40.9 Å². The van der Waals surface area contributed by atoms with Gasteiger partial charge in [0, 0.05) is 19.4 Å². The monoisotopic (exact) mass is 471 g/mol. The molecule has 0 atom stereocenters. The van der Waals surface area contributed by atoms with Crippen molar-refractivity contribution >= 4 is 16.0 Å². The Bertz CT molecular complexity index is 1250. The topological polar surface area (TPSA) is 137 Å². The lowest BCUT2D eigenvalue weighted by Crippen LogP contribution is -2.17. The third-order valence-electron chi connectivity index (χ3n) is 4.15. The third kappa shape index (κ3) is 4.80. The van der Waals surface area contributed by atoms with Crippen LogP contribution in [-0.4, -0.2) is 55.2 Å². The van der Waals surface area contributed by atoms with Crippen LogP contribution in [0.2, 0.25) is 0 Å². The first kappa shape index (κ1) is 23.0. The Kier molecular flexibility index (Phi) is 6.62. The van der Waals surface area contributed by atoms with E-state index in [-0.39, 0.29) is 33.5 Å². The summed E-state index contributed by atoms with van der Waals surface area (Å²) < 4.78 is 69.0. The Labute approximate surface area is 181 Å². The number of rotatable bonds is 9. The van der Waals surface area contributed by atoms with Crippen LogP contribution in [-0.2, 0) is 17.1 Å². The van der Waals surface area contributed by atoms with E-state index in [1.54, 1.807) is 25.4 Å². The highest BCUT2D eigenvalue weighted by molar-refractivity contribution is 7.92. The smallest absolute Gasteiger partial charge is 0.272 e. The number of methoxy groups -OCH3 is 2. The van der Waals surface area contributed by atoms with Crippen LogP contribution in [0.25, 0.3) is 11.3 Å². The molecule has 0 unspecified atom stereocenters. The second-order valence-electron chi connectivity index (χ2n) is 6.29. The zero-order valence-electron chi connectivity index (χ0n) is 17.1. The van der Waals surface area contributed by atoms with Crippen LogP contribution < -0.4 is 24.5 Å². The highest BCUT2D eigenvalue weighted by Crippen LogP contribution is 2.35. The summed E-state index contributed by atoms with van der Waals surface area (Å²) in [5.74, 6) is -1.36. The van der Waals surface area contributed by atoms with E-state index < -0.39 is 29.0 Å². The summed E-state index contributed by atoms with van der Waals surface area (Å²) in [5.41, 5.74) is 0.249. The summed E-state index contributed by atoms with van der Waals surface area (Å²) in [5, 5.41) is 0. The first-order valence-electron chi connectivity index (χ1n) is 8.94. The van der Waals surface area contributed by atoms with Crippen molar-refractivity contribution in [1.82, 2.24) is 19.5 Å². The molecule has 0 saturated heterocycles. The fourth-order valence-electron chi connectivity index (χ4n) is 2.67. The fraction of sp³-hybridized carbons (Fsp3) is 0.278. The van der Waals surface area contributed by atoms with E-state index in [9.17, 15) is 22.0 Å². The standard InChI is InChI=1S/C18H19F2N5O6S/c1-25-6-4-5-11(17(25)26)12-7-10(8-21-12)32(27,28)24-18-22-15(29-2)14(16(23-18)30-3)31-9-13(19)20/h4-8,13,21H,9H2,1-3H3,(H,22,23,24). The van der Waals surface area contributed by atoms with Crippen molar-refractivity contribution in [2.45, 2.75) is 11.3 Å². The number of aromatic amines is 1. The van der Waals surface area contributed by atoms with E-state index in [2.05, 4.69) is 19.7 Å². The number of pyridine rings is 1. The number of halogens is 2. The van der Waals surface area contributed by atoms with Gasteiger partial charge < -0.3 is 23.8 Å². The number of hydrogen-bond acceptors (Lipinski definition) is 8. The predicted octanol–water partition coefficient (Wildman–Crippen LogP) is 1.63. The molecular weight excluding hydrogens is 452 g/mol. The number of alkyl halides is 2. The molecule has 0 aromatic carbocycles. The first-order chi connectivity index (χ1) is 15.2. The van der Waals surface area contributed by atoms with E-state index in [1.807, 2.05) is 0 Å². The average molecular weight is 471 g/mol. The summed E-state index contributed by atoms with van der Waals surface area (Å²) in [6.45, 7) is -0.966. The van der Waals surface area contributed by atoms with Crippen LogP contribution in [0.1, 0.15) is 0 Å². The van der Waals surface area contributed by atoms with Crippen molar-refractivity contribution in [1.29, 1.82) is 0 Å². The maximum absolute atomic E-state index is 12.8. The van der Waals surface area contributed by atoms with Crippen LogP contribution in [0.5, 0.6) is 17.5 Å². The van der Waals surface area contributed by atoms with E-state index in [4.69, 9.17) is 14.2 Å². The minimum absolute atomic E-state index is 0.196. The molecule has 3 aromatic heterocycles. The van der Waals surface area contributed by atoms with Gasteiger partial charge in [0.05, 0.1) is 25.5 Å². The van der Waals surface area contributed by atoms with Gasteiger partial charge in [-0.2, -0.15) is 9.97 Å². The number of ether oxygens (including phenoxy) is 3. The van der Waals surface area contributed by atoms with Crippen LogP contribution in [0, 0.1) is 0 Å². The van der Waals surface area contributed by atoms with Crippen molar-refractivity contribution in [3.8, 4) is 28.8 Å². The molecule has 11 nitrogen and oxygen atoms in total. The molecule has 3 aromatic rings. The van der Waals surface area contributed by atoms with Gasteiger partial charge >= 0.3 is 0 Å². The van der Waals surface area contributed by atoms with Gasteiger partial charge in [0.25, 0.3) is 33.8 Å². The maximum atomic E-state index is 12.8. The summed E-state index contributed by atoms with van der Waals surface area (Å²) in [7, 11) is -0.252. The lowest BCUT2D eigenvalue weighted by atomic mass is 10.2. The van der Waals surface area contributed by atoms with Gasteiger partial charge in [0.1, 0.15) is 11.5 Å². The average Bonchev–Trinajstić information content (AvgIpc) is 3.24. The number of hydrogen-bond donors (Lipinski definition) is 2. The molecule has 3 heterocycles. The van der Waals surface area contributed by atoms with Crippen molar-refractivity contribution < 1.29 is 31.4 Å². The van der Waals surface area contributed by atoms with E-state index in [1.165, 1.54) is 31.0 Å². The van der Waals surface area contributed by atoms with Crippen LogP contribution >= 0.6 is 0 Å². The number of aryl methyl sites for hydroxylation is 1. The van der Waals surface area contributed by atoms with Gasteiger partial charge in [-0.3, -0.25) is 4.79 Å². The van der Waals surface area contributed by atoms with Gasteiger partial charge in [-0.25, -0.2) is 21.9 Å². The molecule has 0 fully saturated rings. The molecule has 14 heteroatoms. The van der Waals surface area contributed by atoms with Gasteiger partial charge in [-0.05, 0) is 18.2 Å². The molecule has 32 heavy (non-hydrogen) atoms. The molecular formula is C18H19F2N5O6S. The van der Waals surface area contributed by atoms with E-state index in [0.717, 1.165) is 0 Å². The summed E-state index contributed by atoms with van der Waals surface area (Å²) >= 11 is 0. The number of H-pyrrole nitrogens is 1. The normalized spacial score (nSPS) is 11.4. The Morgan fingerprint density at radius 3 is 2.47 bits per heavy atom. The molecule has 172 valence electrons. The Morgan fingerprint density at radius 1 is 1.22 bits per heavy atom. The zero-order valence-corrected chi connectivity index (χ0v) is 17.9. The van der Waals surface area contributed by atoms with Crippen LogP contribution in [0.4, 0.5) is 14.7 Å². The minimum Gasteiger partial charge on any atom is -0.478 e. The molecule has 2 N–H and O–H groups in total. The number of sulfonamides is 1. The van der Waals surface area contributed by atoms with Gasteiger partial charge in [-0.15, -0.1) is 0 Å². The van der Waals surface area contributed by atoms with Crippen molar-refractivity contribution in [2.24, 2.45) is 7.05 Å². The lowest BCUT2D eigenvalue weighted by molar-refractivity contribution is 0.0781. The highest BCUT2D eigenvalue weighted by atomic mass is 32.2. The Hall–Kier alpha value is -3.68. The molecule has 0 amide bonds. The summed E-state index contributed by atoms with van der Waals surface area (Å²) in [6.07, 6.45) is -0.00810. The maximum Gasteiger partial charge on any atom is 0.272 e. The SMILES string of the molecule is COc1nc(NS(=O)(=O)c2c[nH]c(-c3cccn(C)c3=O)c2)nc(OC)c1OCC(F)F. The quantitative estimate of drug-likeness (QED) is 0.480. The first-order valence-corrected chi connectivity index (χ1v) is 10.4. The van der Waals surface area contributed by atoms with E-state index in [0.29, 0.717) is 5.69 Å². The predicted molar refractivity (Wildman–Crippen MR) is 109 cm³/mol. The second kappa shape index (κ2) is 9.21. The van der Waals surface area contributed by atoms with Crippen LogP contribution in [0.3, 0.4) is 0 Å². The molecule has 3 rings (SSSR count). The summed E-state index contributed by atoms with van der Waals surface area (Å²) in [6, 6.07) is 4.47. The Morgan fingerprint density at radius 2 is 1.88 bits per heavy atom. The molecule has 0 saturated carbocycles. The third-order valence-corrected chi connectivity index (χ3v) is 5.46. The summed E-state index contributed by atoms with van der Waals surface area (Å²) in [4.78, 5) is 22.5. The molecule has 0 spiro atoms. The fourth-order valence-corrected chi connectivity index (χ4v) is 3.61. The number of aromatic nitrogens is 4. The van der Waals surface area contributed by atoms with Gasteiger partial charge in [-0.1, -0.05) is 0 Å². The lowest BCUT2D eigenvalue weighted by Gasteiger charge is -2.14. The van der Waals surface area contributed by atoms with E-state index >= 15 is 0 Å². The van der Waals surface area contributed by atoms with Crippen LogP contribution in [0.15, 0.2) is 40.3 Å². The number of nitrogens with one attached hydrogen (secondary N) is 2. The molecule has 0 radical (unpaired) electrons. The van der Waals surface area contributed by atoms with Crippen molar-refractivity contribution in [2.75, 3.05) is 25.5 Å².